The van der Waals surface area contributed by atoms with Crippen LogP contribution in [0.1, 0.15) is 74.9 Å². The van der Waals surface area contributed by atoms with Crippen LogP contribution in [0.3, 0.4) is 0 Å². The number of hydrogen-bond acceptors (Lipinski definition) is 1. The minimum atomic E-state index is -0.482. The minimum absolute atomic E-state index is 0.0158. The average molecular weight is 391 g/mol. The van der Waals surface area contributed by atoms with Crippen LogP contribution >= 0.6 is 11.6 Å². The van der Waals surface area contributed by atoms with Crippen molar-refractivity contribution in [1.82, 2.24) is 0 Å². The van der Waals surface area contributed by atoms with Gasteiger partial charge < -0.3 is 4.74 Å². The second-order valence-electron chi connectivity index (χ2n) is 9.53. The van der Waals surface area contributed by atoms with E-state index in [0.29, 0.717) is 6.42 Å². The smallest absolute Gasteiger partial charge is 0.183 e. The lowest BCUT2D eigenvalue weighted by Gasteiger charge is -2.29. The number of hydrogen-bond donors (Lipinski definition) is 0. The highest BCUT2D eigenvalue weighted by Gasteiger charge is 2.28. The molecule has 148 valence electrons. The highest BCUT2D eigenvalue weighted by atomic mass is 35.5. The largest absolute Gasteiger partial charge is 0.494 e. The molecule has 0 saturated carbocycles. The van der Waals surface area contributed by atoms with Gasteiger partial charge in [-0.2, -0.15) is 0 Å². The van der Waals surface area contributed by atoms with Gasteiger partial charge in [0.05, 0.1) is 12.1 Å². The molecule has 0 radical (unpaired) electrons. The van der Waals surface area contributed by atoms with Gasteiger partial charge in [-0.15, -0.1) is 0 Å². The van der Waals surface area contributed by atoms with Crippen LogP contribution < -0.4 is 4.74 Å². The van der Waals surface area contributed by atoms with E-state index in [1.807, 2.05) is 6.07 Å². The van der Waals surface area contributed by atoms with Crippen LogP contribution in [0.2, 0.25) is 5.02 Å². The first-order valence-electron chi connectivity index (χ1n) is 9.43. The summed E-state index contributed by atoms with van der Waals surface area (Å²) in [6.45, 7) is 17.2. The van der Waals surface area contributed by atoms with Crippen LogP contribution in [-0.2, 0) is 17.3 Å². The zero-order valence-corrected chi connectivity index (χ0v) is 18.9. The second-order valence-corrected chi connectivity index (χ2v) is 9.90. The predicted molar refractivity (Wildman–Crippen MR) is 114 cm³/mol. The zero-order valence-electron chi connectivity index (χ0n) is 18.1. The van der Waals surface area contributed by atoms with Crippen LogP contribution in [-0.4, -0.2) is 7.11 Å². The maximum absolute atomic E-state index is 14.7. The van der Waals surface area contributed by atoms with Gasteiger partial charge in [0.15, 0.2) is 11.6 Å². The van der Waals surface area contributed by atoms with Crippen molar-refractivity contribution in [2.24, 2.45) is 0 Å². The van der Waals surface area contributed by atoms with E-state index >= 15 is 0 Å². The Morgan fingerprint density at radius 3 is 2.04 bits per heavy atom. The second kappa shape index (κ2) is 7.47. The quantitative estimate of drug-likeness (QED) is 0.534. The molecule has 0 N–H and O–H groups in total. The predicted octanol–water partition coefficient (Wildman–Crippen LogP) is 7.29. The van der Waals surface area contributed by atoms with E-state index in [-0.39, 0.29) is 21.6 Å². The van der Waals surface area contributed by atoms with Gasteiger partial charge in [-0.3, -0.25) is 0 Å². The first-order chi connectivity index (χ1) is 12.3. The van der Waals surface area contributed by atoms with Gasteiger partial charge in [0.25, 0.3) is 0 Å². The summed E-state index contributed by atoms with van der Waals surface area (Å²) in [5.74, 6) is -0.283. The van der Waals surface area contributed by atoms with Crippen LogP contribution in [0, 0.1) is 19.7 Å². The van der Waals surface area contributed by atoms with E-state index in [9.17, 15) is 4.39 Å². The van der Waals surface area contributed by atoms with Crippen LogP contribution in [0.15, 0.2) is 18.2 Å². The molecule has 2 rings (SSSR count). The third-order valence-corrected chi connectivity index (χ3v) is 5.37. The van der Waals surface area contributed by atoms with Gasteiger partial charge in [-0.25, -0.2) is 4.39 Å². The van der Waals surface area contributed by atoms with Crippen LogP contribution in [0.25, 0.3) is 0 Å². The number of benzene rings is 2. The molecule has 0 heterocycles. The summed E-state index contributed by atoms with van der Waals surface area (Å²) in [4.78, 5) is 0. The van der Waals surface area contributed by atoms with Crippen molar-refractivity contribution in [3.63, 3.8) is 0 Å². The van der Waals surface area contributed by atoms with Crippen LogP contribution in [0.5, 0.6) is 5.75 Å². The number of halogens is 2. The lowest BCUT2D eigenvalue weighted by Crippen LogP contribution is -2.19. The SMILES string of the molecule is COc1cc(Cc2c(C)cc(C)cc2C(C)(C)C)c(C(C)(C)C)c(Cl)c1F. The topological polar surface area (TPSA) is 9.23 Å². The molecule has 0 unspecified atom stereocenters. The maximum Gasteiger partial charge on any atom is 0.183 e. The Labute approximate surface area is 168 Å². The molecule has 2 aromatic rings. The summed E-state index contributed by atoms with van der Waals surface area (Å²) < 4.78 is 19.9. The van der Waals surface area contributed by atoms with Crippen molar-refractivity contribution >= 4 is 11.6 Å². The van der Waals surface area contributed by atoms with E-state index < -0.39 is 5.82 Å². The van der Waals surface area contributed by atoms with Gasteiger partial charge in [-0.1, -0.05) is 70.8 Å². The molecule has 0 aliphatic rings. The first kappa shape index (κ1) is 21.8. The molecule has 2 aromatic carbocycles. The fraction of sp³-hybridized carbons (Fsp3) is 0.500. The molecule has 0 fully saturated rings. The number of aryl methyl sites for hydroxylation is 2. The maximum atomic E-state index is 14.7. The van der Waals surface area contributed by atoms with E-state index in [0.717, 1.165) is 11.1 Å². The Hall–Kier alpha value is -1.54. The standard InChI is InChI=1S/C24H32ClFO/c1-14-10-15(2)17(18(11-14)23(3,4)5)12-16-13-19(27-9)22(26)21(25)20(16)24(6,7)8/h10-11,13H,12H2,1-9H3. The molecule has 0 aromatic heterocycles. The summed E-state index contributed by atoms with van der Waals surface area (Å²) >= 11 is 6.47. The molecular formula is C24H32ClFO. The zero-order chi connectivity index (χ0) is 20.7. The number of methoxy groups -OCH3 is 1. The molecule has 0 amide bonds. The van der Waals surface area contributed by atoms with Crippen molar-refractivity contribution in [1.29, 1.82) is 0 Å². The molecule has 0 bridgehead atoms. The minimum Gasteiger partial charge on any atom is -0.494 e. The van der Waals surface area contributed by atoms with Crippen molar-refractivity contribution in [2.45, 2.75) is 72.6 Å². The van der Waals surface area contributed by atoms with Gasteiger partial charge in [0.1, 0.15) is 0 Å². The van der Waals surface area contributed by atoms with Crippen molar-refractivity contribution in [3.8, 4) is 5.75 Å². The molecule has 0 aliphatic carbocycles. The fourth-order valence-corrected chi connectivity index (χ4v) is 4.34. The third-order valence-electron chi connectivity index (χ3n) is 5.02. The third kappa shape index (κ3) is 4.48. The molecular weight excluding hydrogens is 359 g/mol. The van der Waals surface area contributed by atoms with E-state index in [2.05, 4.69) is 67.5 Å². The monoisotopic (exact) mass is 390 g/mol. The number of ether oxygens (including phenoxy) is 1. The highest BCUT2D eigenvalue weighted by molar-refractivity contribution is 6.32. The van der Waals surface area contributed by atoms with Crippen molar-refractivity contribution in [2.75, 3.05) is 7.11 Å². The lowest BCUT2D eigenvalue weighted by molar-refractivity contribution is 0.384. The van der Waals surface area contributed by atoms with E-state index in [1.165, 1.54) is 29.4 Å². The van der Waals surface area contributed by atoms with Gasteiger partial charge in [-0.05, 0) is 65.0 Å². The summed E-state index contributed by atoms with van der Waals surface area (Å²) in [6.07, 6.45) is 0.696. The Kier molecular flexibility index (Phi) is 6.02. The highest BCUT2D eigenvalue weighted by Crippen LogP contribution is 2.41. The molecule has 0 saturated heterocycles. The number of rotatable bonds is 3. The first-order valence-corrected chi connectivity index (χ1v) is 9.81. The molecule has 3 heteroatoms. The Morgan fingerprint density at radius 2 is 1.56 bits per heavy atom. The van der Waals surface area contributed by atoms with Gasteiger partial charge in [0, 0.05) is 0 Å². The summed E-state index contributed by atoms with van der Waals surface area (Å²) in [5.41, 5.74) is 6.71. The Morgan fingerprint density at radius 1 is 0.963 bits per heavy atom. The molecule has 0 aliphatic heterocycles. The molecule has 1 nitrogen and oxygen atoms in total. The average Bonchev–Trinajstić information content (AvgIpc) is 2.50. The molecule has 27 heavy (non-hydrogen) atoms. The van der Waals surface area contributed by atoms with Crippen LogP contribution in [0.4, 0.5) is 4.39 Å². The fourth-order valence-electron chi connectivity index (χ4n) is 3.84. The summed E-state index contributed by atoms with van der Waals surface area (Å²) in [6, 6.07) is 6.29. The lowest BCUT2D eigenvalue weighted by atomic mass is 9.77. The van der Waals surface area contributed by atoms with Crippen molar-refractivity contribution in [3.05, 3.63) is 62.4 Å². The van der Waals surface area contributed by atoms with Gasteiger partial charge in [0.2, 0.25) is 0 Å². The van der Waals surface area contributed by atoms with Gasteiger partial charge >= 0.3 is 0 Å². The Balaban J connectivity index is 2.77. The normalized spacial score (nSPS) is 12.4. The molecule has 0 atom stereocenters. The van der Waals surface area contributed by atoms with E-state index in [4.69, 9.17) is 16.3 Å². The molecule has 0 spiro atoms. The summed E-state index contributed by atoms with van der Waals surface area (Å²) in [7, 11) is 1.48. The van der Waals surface area contributed by atoms with E-state index in [1.54, 1.807) is 0 Å². The van der Waals surface area contributed by atoms with Crippen molar-refractivity contribution < 1.29 is 9.13 Å². The summed E-state index contributed by atoms with van der Waals surface area (Å²) in [5, 5.41) is 0.166. The Bertz CT molecular complexity index is 854.